The standard InChI is InChI=1S/C33H32Cl2N4O4/c1-5-39(22(3)40)25-14-10-23(11-15-25)12-18-30(41)36-19-31(42)38(4)28-17-16-27(34)26(32(28)35)20-43-29-8-6-7-24-13-9-21(2)37-33(24)29/h6-18H,5,19-20H2,1-4H3,(H,36,41). The van der Waals surface area contributed by atoms with E-state index in [2.05, 4.69) is 10.3 Å². The molecule has 4 rings (SSSR count). The number of aromatic nitrogens is 1. The summed E-state index contributed by atoms with van der Waals surface area (Å²) in [5, 5.41) is 4.22. The van der Waals surface area contributed by atoms with E-state index in [1.807, 2.05) is 68.4 Å². The van der Waals surface area contributed by atoms with E-state index in [9.17, 15) is 14.4 Å². The number of carbonyl (C=O) groups excluding carboxylic acids is 3. The third-order valence-electron chi connectivity index (χ3n) is 6.84. The minimum Gasteiger partial charge on any atom is -0.487 e. The molecule has 0 fully saturated rings. The molecule has 0 aliphatic carbocycles. The summed E-state index contributed by atoms with van der Waals surface area (Å²) in [5.41, 5.74) is 4.11. The Morgan fingerprint density at radius 2 is 1.74 bits per heavy atom. The van der Waals surface area contributed by atoms with E-state index in [0.717, 1.165) is 27.8 Å². The van der Waals surface area contributed by atoms with Gasteiger partial charge in [0.25, 0.3) is 0 Å². The Morgan fingerprint density at radius 3 is 2.44 bits per heavy atom. The summed E-state index contributed by atoms with van der Waals surface area (Å²) in [4.78, 5) is 44.7. The SMILES string of the molecule is CCN(C(C)=O)c1ccc(C=CC(=O)NCC(=O)N(C)c2ccc(Cl)c(COc3cccc4ccc(C)nc34)c2Cl)cc1. The predicted molar refractivity (Wildman–Crippen MR) is 173 cm³/mol. The van der Waals surface area contributed by atoms with Gasteiger partial charge in [0, 0.05) is 53.9 Å². The summed E-state index contributed by atoms with van der Waals surface area (Å²) in [6.07, 6.45) is 2.98. The van der Waals surface area contributed by atoms with E-state index >= 15 is 0 Å². The number of amides is 3. The molecule has 3 amide bonds. The predicted octanol–water partition coefficient (Wildman–Crippen LogP) is 6.59. The Kier molecular flexibility index (Phi) is 10.4. The summed E-state index contributed by atoms with van der Waals surface area (Å²) < 4.78 is 6.08. The average molecular weight is 620 g/mol. The third kappa shape index (κ3) is 7.71. The van der Waals surface area contributed by atoms with Gasteiger partial charge < -0.3 is 19.9 Å². The zero-order valence-corrected chi connectivity index (χ0v) is 25.9. The summed E-state index contributed by atoms with van der Waals surface area (Å²) in [7, 11) is 1.57. The van der Waals surface area contributed by atoms with Gasteiger partial charge in [0.2, 0.25) is 17.7 Å². The molecule has 8 nitrogen and oxygen atoms in total. The van der Waals surface area contributed by atoms with E-state index in [0.29, 0.717) is 28.6 Å². The van der Waals surface area contributed by atoms with E-state index in [1.54, 1.807) is 30.2 Å². The molecular weight excluding hydrogens is 587 g/mol. The molecule has 0 saturated heterocycles. The molecule has 0 unspecified atom stereocenters. The monoisotopic (exact) mass is 618 g/mol. The van der Waals surface area contributed by atoms with Gasteiger partial charge in [-0.2, -0.15) is 0 Å². The minimum absolute atomic E-state index is 0.0437. The van der Waals surface area contributed by atoms with Crippen LogP contribution in [0.2, 0.25) is 10.0 Å². The maximum Gasteiger partial charge on any atom is 0.246 e. The maximum absolute atomic E-state index is 12.9. The molecule has 0 atom stereocenters. The van der Waals surface area contributed by atoms with Gasteiger partial charge in [-0.25, -0.2) is 4.98 Å². The molecule has 0 spiro atoms. The lowest BCUT2D eigenvalue weighted by molar-refractivity contribution is -0.122. The quantitative estimate of drug-likeness (QED) is 0.202. The second-order valence-electron chi connectivity index (χ2n) is 9.79. The lowest BCUT2D eigenvalue weighted by atomic mass is 10.1. The Morgan fingerprint density at radius 1 is 1.00 bits per heavy atom. The fraction of sp³-hybridized carbons (Fsp3) is 0.212. The second kappa shape index (κ2) is 14.2. The van der Waals surface area contributed by atoms with Crippen molar-refractivity contribution in [3.05, 3.63) is 99.7 Å². The highest BCUT2D eigenvalue weighted by Gasteiger charge is 2.19. The number of likely N-dealkylation sites (N-methyl/N-ethyl adjacent to an activating group) is 1. The Balaban J connectivity index is 1.38. The molecule has 1 aromatic heterocycles. The number of hydrogen-bond donors (Lipinski definition) is 1. The highest BCUT2D eigenvalue weighted by Crippen LogP contribution is 2.35. The van der Waals surface area contributed by atoms with Gasteiger partial charge in [-0.3, -0.25) is 14.4 Å². The number of hydrogen-bond acceptors (Lipinski definition) is 5. The van der Waals surface area contributed by atoms with Gasteiger partial charge >= 0.3 is 0 Å². The third-order valence-corrected chi connectivity index (χ3v) is 7.61. The van der Waals surface area contributed by atoms with Crippen molar-refractivity contribution in [1.82, 2.24) is 10.3 Å². The van der Waals surface area contributed by atoms with Crippen LogP contribution in [0.4, 0.5) is 11.4 Å². The van der Waals surface area contributed by atoms with Crippen molar-refractivity contribution < 1.29 is 19.1 Å². The number of anilines is 2. The molecule has 4 aromatic rings. The smallest absolute Gasteiger partial charge is 0.246 e. The lowest BCUT2D eigenvalue weighted by Gasteiger charge is -2.21. The lowest BCUT2D eigenvalue weighted by Crippen LogP contribution is -2.37. The number of pyridine rings is 1. The number of halogens is 2. The topological polar surface area (TPSA) is 91.8 Å². The van der Waals surface area contributed by atoms with Crippen LogP contribution in [0.5, 0.6) is 5.75 Å². The number of aryl methyl sites for hydroxylation is 1. The fourth-order valence-corrected chi connectivity index (χ4v) is 5.07. The number of ether oxygens (including phenoxy) is 1. The summed E-state index contributed by atoms with van der Waals surface area (Å²) in [6.45, 7) is 5.72. The Labute approximate surface area is 260 Å². The molecule has 1 heterocycles. The number of benzene rings is 3. The maximum atomic E-state index is 12.9. The van der Waals surface area contributed by atoms with Crippen LogP contribution >= 0.6 is 23.2 Å². The zero-order chi connectivity index (χ0) is 31.1. The molecule has 0 bridgehead atoms. The Bertz CT molecular complexity index is 1690. The van der Waals surface area contributed by atoms with Crippen LogP contribution < -0.4 is 19.9 Å². The summed E-state index contributed by atoms with van der Waals surface area (Å²) in [6, 6.07) is 20.1. The second-order valence-corrected chi connectivity index (χ2v) is 10.6. The van der Waals surface area contributed by atoms with Crippen molar-refractivity contribution in [2.45, 2.75) is 27.4 Å². The number of nitrogens with one attached hydrogen (secondary N) is 1. The van der Waals surface area contributed by atoms with Gasteiger partial charge in [-0.05, 0) is 61.9 Å². The van der Waals surface area contributed by atoms with Crippen LogP contribution in [0.1, 0.15) is 30.7 Å². The molecule has 0 radical (unpaired) electrons. The van der Waals surface area contributed by atoms with Crippen molar-refractivity contribution in [1.29, 1.82) is 0 Å². The number of fused-ring (bicyclic) bond motifs is 1. The van der Waals surface area contributed by atoms with Crippen molar-refractivity contribution in [3.63, 3.8) is 0 Å². The average Bonchev–Trinajstić information content (AvgIpc) is 2.99. The van der Waals surface area contributed by atoms with Crippen LogP contribution in [-0.4, -0.2) is 42.8 Å². The van der Waals surface area contributed by atoms with E-state index in [-0.39, 0.29) is 30.0 Å². The minimum atomic E-state index is -0.431. The van der Waals surface area contributed by atoms with Crippen molar-refractivity contribution in [3.8, 4) is 5.75 Å². The van der Waals surface area contributed by atoms with Crippen LogP contribution in [-0.2, 0) is 21.0 Å². The molecule has 0 saturated carbocycles. The molecular formula is C33H32Cl2N4O4. The van der Waals surface area contributed by atoms with Crippen molar-refractivity contribution in [2.75, 3.05) is 29.9 Å². The molecule has 222 valence electrons. The van der Waals surface area contributed by atoms with Gasteiger partial charge in [-0.1, -0.05) is 53.5 Å². The molecule has 1 N–H and O–H groups in total. The largest absolute Gasteiger partial charge is 0.487 e. The van der Waals surface area contributed by atoms with Gasteiger partial charge in [-0.15, -0.1) is 0 Å². The van der Waals surface area contributed by atoms with Gasteiger partial charge in [0.05, 0.1) is 17.3 Å². The van der Waals surface area contributed by atoms with Crippen LogP contribution in [0.25, 0.3) is 17.0 Å². The number of nitrogens with zero attached hydrogens (tertiary/aromatic N) is 3. The van der Waals surface area contributed by atoms with E-state index in [1.165, 1.54) is 17.9 Å². The van der Waals surface area contributed by atoms with Crippen LogP contribution in [0.3, 0.4) is 0 Å². The van der Waals surface area contributed by atoms with Crippen LogP contribution in [0.15, 0.2) is 72.8 Å². The van der Waals surface area contributed by atoms with Crippen molar-refractivity contribution >= 4 is 69.3 Å². The molecule has 0 aliphatic rings. The molecule has 43 heavy (non-hydrogen) atoms. The van der Waals surface area contributed by atoms with E-state index in [4.69, 9.17) is 27.9 Å². The first kappa shape index (κ1) is 31.5. The fourth-order valence-electron chi connectivity index (χ4n) is 4.46. The van der Waals surface area contributed by atoms with Crippen LogP contribution in [0, 0.1) is 6.92 Å². The first-order valence-electron chi connectivity index (χ1n) is 13.7. The molecule has 0 aliphatic heterocycles. The summed E-state index contributed by atoms with van der Waals surface area (Å²) in [5.74, 6) is -0.258. The zero-order valence-electron chi connectivity index (χ0n) is 24.4. The van der Waals surface area contributed by atoms with Gasteiger partial charge in [0.15, 0.2) is 0 Å². The molecule has 10 heteroatoms. The molecule has 3 aromatic carbocycles. The summed E-state index contributed by atoms with van der Waals surface area (Å²) >= 11 is 13.2. The number of rotatable bonds is 10. The first-order chi connectivity index (χ1) is 20.6. The van der Waals surface area contributed by atoms with Crippen molar-refractivity contribution in [2.24, 2.45) is 0 Å². The number of para-hydroxylation sites is 1. The highest BCUT2D eigenvalue weighted by molar-refractivity contribution is 6.38. The van der Waals surface area contributed by atoms with E-state index < -0.39 is 5.91 Å². The normalized spacial score (nSPS) is 11.0. The first-order valence-corrected chi connectivity index (χ1v) is 14.4. The number of carbonyl (C=O) groups is 3. The Hall–Kier alpha value is -4.40. The van der Waals surface area contributed by atoms with Gasteiger partial charge in [0.1, 0.15) is 17.9 Å². The highest BCUT2D eigenvalue weighted by atomic mass is 35.5.